The van der Waals surface area contributed by atoms with Gasteiger partial charge in [-0.1, -0.05) is 18.2 Å². The summed E-state index contributed by atoms with van der Waals surface area (Å²) in [5, 5.41) is 2.21. The van der Waals surface area contributed by atoms with Gasteiger partial charge in [0.1, 0.15) is 11.4 Å². The van der Waals surface area contributed by atoms with E-state index >= 15 is 0 Å². The molecule has 3 aromatic rings. The highest BCUT2D eigenvalue weighted by Gasteiger charge is 2.29. The van der Waals surface area contributed by atoms with Gasteiger partial charge in [-0.3, -0.25) is 10.2 Å². The maximum Gasteiger partial charge on any atom is 0.159 e. The lowest BCUT2D eigenvalue weighted by Gasteiger charge is -2.31. The number of nitrogens with zero attached hydrogens (tertiary/aromatic N) is 1. The predicted molar refractivity (Wildman–Crippen MR) is 101 cm³/mol. The number of fused-ring (bicyclic) bond motifs is 2. The van der Waals surface area contributed by atoms with Gasteiger partial charge < -0.3 is 11.5 Å². The van der Waals surface area contributed by atoms with Crippen LogP contribution >= 0.6 is 0 Å². The van der Waals surface area contributed by atoms with Crippen molar-refractivity contribution in [3.05, 3.63) is 65.7 Å². The van der Waals surface area contributed by atoms with Crippen molar-refractivity contribution in [3.63, 3.8) is 0 Å². The minimum atomic E-state index is 0.798. The molecule has 1 aliphatic rings. The second-order valence-corrected chi connectivity index (χ2v) is 6.35. The van der Waals surface area contributed by atoms with Crippen molar-refractivity contribution in [2.75, 3.05) is 16.4 Å². The summed E-state index contributed by atoms with van der Waals surface area (Å²) in [4.78, 5) is 2.23. The summed E-state index contributed by atoms with van der Waals surface area (Å²) in [6.07, 6.45) is 0. The monoisotopic (exact) mass is 317 g/mol. The Balaban J connectivity index is 2.01. The first kappa shape index (κ1) is 14.6. The summed E-state index contributed by atoms with van der Waals surface area (Å²) in [7, 11) is 0. The topological polar surface area (TPSA) is 71.9 Å². The van der Waals surface area contributed by atoms with E-state index in [1.807, 2.05) is 44.2 Å². The van der Waals surface area contributed by atoms with Gasteiger partial charge in [0.25, 0.3) is 0 Å². The molecule has 0 spiro atoms. The number of benzene rings is 3. The molecule has 0 unspecified atom stereocenters. The Morgan fingerprint density at radius 3 is 1.75 bits per heavy atom. The Morgan fingerprint density at radius 2 is 1.25 bits per heavy atom. The summed E-state index contributed by atoms with van der Waals surface area (Å²) >= 11 is 0. The van der Waals surface area contributed by atoms with E-state index in [-0.39, 0.29) is 0 Å². The SMILES string of the molecule is Cc1cc2c(cc1N)N(c1ccccc1)c1cc(N)c(C)cc1[NH2+]2. The molecule has 4 heteroatoms. The quantitative estimate of drug-likeness (QED) is 0.468. The highest BCUT2D eigenvalue weighted by atomic mass is 15.2. The maximum absolute atomic E-state index is 6.19. The smallest absolute Gasteiger partial charge is 0.159 e. The average molecular weight is 317 g/mol. The number of quaternary nitrogens is 1. The third-order valence-electron chi connectivity index (χ3n) is 4.64. The van der Waals surface area contributed by atoms with Crippen molar-refractivity contribution in [1.29, 1.82) is 0 Å². The van der Waals surface area contributed by atoms with Crippen LogP contribution in [0.4, 0.5) is 39.8 Å². The zero-order valence-corrected chi connectivity index (χ0v) is 13.9. The summed E-state index contributed by atoms with van der Waals surface area (Å²) in [5.74, 6) is 0. The van der Waals surface area contributed by atoms with Crippen molar-refractivity contribution >= 4 is 39.8 Å². The minimum Gasteiger partial charge on any atom is -0.398 e. The Hall–Kier alpha value is -2.98. The van der Waals surface area contributed by atoms with Crippen LogP contribution in [0.3, 0.4) is 0 Å². The molecule has 1 aliphatic heterocycles. The Kier molecular flexibility index (Phi) is 3.22. The highest BCUT2D eigenvalue weighted by molar-refractivity contribution is 5.91. The molecule has 0 fully saturated rings. The number of anilines is 5. The van der Waals surface area contributed by atoms with Crippen LogP contribution in [0.5, 0.6) is 0 Å². The normalized spacial score (nSPS) is 12.7. The van der Waals surface area contributed by atoms with Gasteiger partial charge in [-0.25, -0.2) is 0 Å². The largest absolute Gasteiger partial charge is 0.398 e. The van der Waals surface area contributed by atoms with Crippen molar-refractivity contribution in [3.8, 4) is 0 Å². The lowest BCUT2D eigenvalue weighted by molar-refractivity contribution is -0.478. The molecule has 0 aliphatic carbocycles. The van der Waals surface area contributed by atoms with Crippen LogP contribution in [0.1, 0.15) is 11.1 Å². The number of nitrogens with two attached hydrogens (primary N) is 3. The van der Waals surface area contributed by atoms with Crippen molar-refractivity contribution in [2.24, 2.45) is 0 Å². The number of nitrogen functional groups attached to an aromatic ring is 2. The van der Waals surface area contributed by atoms with E-state index < -0.39 is 0 Å². The van der Waals surface area contributed by atoms with E-state index in [1.165, 1.54) is 11.4 Å². The van der Waals surface area contributed by atoms with Crippen LogP contribution in [0.2, 0.25) is 0 Å². The maximum atomic E-state index is 6.19. The van der Waals surface area contributed by atoms with Gasteiger partial charge in [-0.2, -0.15) is 0 Å². The molecule has 0 atom stereocenters. The zero-order chi connectivity index (χ0) is 16.8. The Labute approximate surface area is 141 Å². The fourth-order valence-corrected chi connectivity index (χ4v) is 3.24. The average Bonchev–Trinajstić information content (AvgIpc) is 2.57. The molecule has 0 saturated carbocycles. The molecule has 4 rings (SSSR count). The fourth-order valence-electron chi connectivity index (χ4n) is 3.24. The van der Waals surface area contributed by atoms with E-state index in [9.17, 15) is 0 Å². The first-order valence-corrected chi connectivity index (χ1v) is 8.05. The third-order valence-corrected chi connectivity index (χ3v) is 4.64. The summed E-state index contributed by atoms with van der Waals surface area (Å²) in [6, 6.07) is 18.7. The van der Waals surface area contributed by atoms with Gasteiger partial charge in [0.05, 0.1) is 0 Å². The Bertz CT molecular complexity index is 875. The van der Waals surface area contributed by atoms with Gasteiger partial charge >= 0.3 is 0 Å². The Morgan fingerprint density at radius 1 is 0.750 bits per heavy atom. The molecule has 6 N–H and O–H groups in total. The summed E-state index contributed by atoms with van der Waals surface area (Å²) in [5.41, 5.74) is 21.8. The minimum absolute atomic E-state index is 0.798. The van der Waals surface area contributed by atoms with Gasteiger partial charge in [-0.15, -0.1) is 0 Å². The molecule has 1 heterocycles. The van der Waals surface area contributed by atoms with E-state index in [0.717, 1.165) is 39.6 Å². The van der Waals surface area contributed by atoms with E-state index in [4.69, 9.17) is 11.5 Å². The first-order valence-electron chi connectivity index (χ1n) is 8.05. The second-order valence-electron chi connectivity index (χ2n) is 6.35. The molecule has 120 valence electrons. The molecular formula is C20H21N4+. The predicted octanol–water partition coefficient (Wildman–Crippen LogP) is 3.78. The van der Waals surface area contributed by atoms with E-state index in [1.54, 1.807) is 0 Å². The van der Waals surface area contributed by atoms with Crippen LogP contribution in [-0.2, 0) is 0 Å². The molecule has 0 radical (unpaired) electrons. The molecule has 0 saturated heterocycles. The van der Waals surface area contributed by atoms with Crippen LogP contribution in [-0.4, -0.2) is 0 Å². The highest BCUT2D eigenvalue weighted by Crippen LogP contribution is 2.45. The molecule has 0 bridgehead atoms. The third kappa shape index (κ3) is 2.20. The van der Waals surface area contributed by atoms with Gasteiger partial charge in [-0.05, 0) is 49.2 Å². The standard InChI is InChI=1S/C20H20N4/c1-12-8-17-19(10-15(12)21)24(14-6-4-3-5-7-14)20-11-16(22)13(2)9-18(20)23-17/h3-11,23H,21-22H2,1-2H3/p+1. The summed E-state index contributed by atoms with van der Waals surface area (Å²) in [6.45, 7) is 4.08. The lowest BCUT2D eigenvalue weighted by Crippen LogP contribution is -2.73. The molecule has 0 aromatic heterocycles. The van der Waals surface area contributed by atoms with Crippen LogP contribution in [0.15, 0.2) is 54.6 Å². The number of para-hydroxylation sites is 1. The van der Waals surface area contributed by atoms with Crippen LogP contribution in [0, 0.1) is 13.8 Å². The van der Waals surface area contributed by atoms with Gasteiger partial charge in [0.15, 0.2) is 11.4 Å². The molecular weight excluding hydrogens is 296 g/mol. The number of rotatable bonds is 1. The fraction of sp³-hybridized carbons (Fsp3) is 0.100. The van der Waals surface area contributed by atoms with Crippen molar-refractivity contribution in [2.45, 2.75) is 13.8 Å². The van der Waals surface area contributed by atoms with Gasteiger partial charge in [0.2, 0.25) is 0 Å². The molecule has 4 nitrogen and oxygen atoms in total. The van der Waals surface area contributed by atoms with Crippen LogP contribution < -0.4 is 21.7 Å². The second kappa shape index (κ2) is 5.28. The van der Waals surface area contributed by atoms with Gasteiger partial charge in [0, 0.05) is 29.2 Å². The van der Waals surface area contributed by atoms with E-state index in [2.05, 4.69) is 34.5 Å². The number of hydrogen-bond acceptors (Lipinski definition) is 3. The first-order chi connectivity index (χ1) is 11.5. The lowest BCUT2D eigenvalue weighted by atomic mass is 10.0. The molecule has 3 aromatic carbocycles. The van der Waals surface area contributed by atoms with Crippen molar-refractivity contribution in [1.82, 2.24) is 0 Å². The summed E-state index contributed by atoms with van der Waals surface area (Å²) < 4.78 is 0. The zero-order valence-electron chi connectivity index (χ0n) is 13.9. The molecule has 24 heavy (non-hydrogen) atoms. The van der Waals surface area contributed by atoms with Crippen molar-refractivity contribution < 1.29 is 5.32 Å². The number of aryl methyl sites for hydroxylation is 2. The number of hydrogen-bond donors (Lipinski definition) is 3. The van der Waals surface area contributed by atoms with E-state index in [0.29, 0.717) is 0 Å². The molecule has 0 amide bonds. The van der Waals surface area contributed by atoms with Crippen LogP contribution in [0.25, 0.3) is 0 Å².